The van der Waals surface area contributed by atoms with Crippen LogP contribution in [-0.4, -0.2) is 57.2 Å². The number of nitrogens with one attached hydrogen (secondary N) is 1. The number of piperazine rings is 1. The van der Waals surface area contributed by atoms with Gasteiger partial charge in [-0.25, -0.2) is 4.98 Å². The Kier molecular flexibility index (Phi) is 6.55. The molecule has 1 aliphatic carbocycles. The zero-order valence-corrected chi connectivity index (χ0v) is 18.9. The Morgan fingerprint density at radius 3 is 2.52 bits per heavy atom. The van der Waals surface area contributed by atoms with Gasteiger partial charge in [0.2, 0.25) is 0 Å². The Hall–Kier alpha value is -2.96. The molecule has 1 aromatic heterocycles. The molecule has 3 aromatic rings. The molecule has 2 heterocycles. The Morgan fingerprint density at radius 2 is 1.76 bits per heavy atom. The van der Waals surface area contributed by atoms with Crippen LogP contribution in [0.15, 0.2) is 67.0 Å². The highest BCUT2D eigenvalue weighted by atomic mass is 16.3. The van der Waals surface area contributed by atoms with Crippen LogP contribution < -0.4 is 5.32 Å². The first kappa shape index (κ1) is 21.9. The second-order valence-corrected chi connectivity index (χ2v) is 9.18. The molecule has 1 amide bonds. The highest BCUT2D eigenvalue weighted by Gasteiger charge is 2.34. The predicted molar refractivity (Wildman–Crippen MR) is 129 cm³/mol. The summed E-state index contributed by atoms with van der Waals surface area (Å²) in [4.78, 5) is 20.6. The molecule has 1 aliphatic heterocycles. The summed E-state index contributed by atoms with van der Waals surface area (Å²) >= 11 is 0. The number of aromatic nitrogens is 2. The number of imidazole rings is 1. The molecule has 33 heavy (non-hydrogen) atoms. The van der Waals surface area contributed by atoms with Gasteiger partial charge in [0.15, 0.2) is 5.69 Å². The van der Waals surface area contributed by atoms with Crippen LogP contribution in [0.1, 0.15) is 47.8 Å². The number of rotatable bonds is 5. The number of carbonyl (C=O) groups is 1. The lowest BCUT2D eigenvalue weighted by Crippen LogP contribution is -2.54. The van der Waals surface area contributed by atoms with E-state index in [9.17, 15) is 9.90 Å². The van der Waals surface area contributed by atoms with Crippen molar-refractivity contribution in [3.05, 3.63) is 78.2 Å². The number of hydrogen-bond donors (Lipinski definition) is 2. The van der Waals surface area contributed by atoms with E-state index in [0.29, 0.717) is 12.2 Å². The van der Waals surface area contributed by atoms with E-state index in [1.807, 2.05) is 53.4 Å². The maximum atomic E-state index is 13.9. The summed E-state index contributed by atoms with van der Waals surface area (Å²) < 4.78 is 2.06. The van der Waals surface area contributed by atoms with Gasteiger partial charge in [-0.2, -0.15) is 0 Å². The molecule has 0 bridgehead atoms. The van der Waals surface area contributed by atoms with Crippen molar-refractivity contribution < 1.29 is 9.90 Å². The van der Waals surface area contributed by atoms with Gasteiger partial charge in [-0.1, -0.05) is 73.5 Å². The topological polar surface area (TPSA) is 70.4 Å². The average molecular weight is 445 g/mol. The third-order valence-corrected chi connectivity index (χ3v) is 7.02. The van der Waals surface area contributed by atoms with Crippen LogP contribution in [0.5, 0.6) is 0 Å². The quantitative estimate of drug-likeness (QED) is 0.630. The molecule has 1 saturated heterocycles. The Morgan fingerprint density at radius 1 is 1.03 bits per heavy atom. The molecule has 0 spiro atoms. The fourth-order valence-corrected chi connectivity index (χ4v) is 5.30. The lowest BCUT2D eigenvalue weighted by Gasteiger charge is -2.36. The molecule has 172 valence electrons. The largest absolute Gasteiger partial charge is 0.391 e. The molecule has 2 fully saturated rings. The Labute approximate surface area is 195 Å². The molecule has 6 nitrogen and oxygen atoms in total. The second kappa shape index (κ2) is 9.89. The molecule has 2 aromatic carbocycles. The summed E-state index contributed by atoms with van der Waals surface area (Å²) in [5.41, 5.74) is 3.50. The molecular weight excluding hydrogens is 412 g/mol. The summed E-state index contributed by atoms with van der Waals surface area (Å²) in [6.45, 7) is 2.20. The van der Waals surface area contributed by atoms with Crippen molar-refractivity contribution in [2.75, 3.05) is 19.6 Å². The van der Waals surface area contributed by atoms with Crippen LogP contribution in [0.2, 0.25) is 0 Å². The van der Waals surface area contributed by atoms with Gasteiger partial charge in [0.25, 0.3) is 5.91 Å². The van der Waals surface area contributed by atoms with E-state index in [4.69, 9.17) is 0 Å². The predicted octanol–water partition coefficient (Wildman–Crippen LogP) is 3.68. The number of amides is 1. The SMILES string of the molecule is O=C(c1ncn([C@@H]2CCCC[C@H]2O)c1-c1ccccc1)N1CCNC[C@H]1Cc1ccccc1. The van der Waals surface area contributed by atoms with Gasteiger partial charge in [0.05, 0.1) is 24.2 Å². The summed E-state index contributed by atoms with van der Waals surface area (Å²) in [6.07, 6.45) is 5.97. The third-order valence-electron chi connectivity index (χ3n) is 7.02. The maximum absolute atomic E-state index is 13.9. The number of benzene rings is 2. The summed E-state index contributed by atoms with van der Waals surface area (Å²) in [5, 5.41) is 14.2. The molecule has 3 atom stereocenters. The molecule has 0 radical (unpaired) electrons. The molecule has 0 unspecified atom stereocenters. The molecule has 5 rings (SSSR count). The van der Waals surface area contributed by atoms with Crippen LogP contribution in [0.4, 0.5) is 0 Å². The summed E-state index contributed by atoms with van der Waals surface area (Å²) in [7, 11) is 0. The van der Waals surface area contributed by atoms with E-state index in [1.165, 1.54) is 5.56 Å². The Bertz CT molecular complexity index is 1070. The van der Waals surface area contributed by atoms with Gasteiger partial charge in [-0.3, -0.25) is 4.79 Å². The number of aliphatic hydroxyl groups is 1. The van der Waals surface area contributed by atoms with Crippen molar-refractivity contribution in [2.24, 2.45) is 0 Å². The van der Waals surface area contributed by atoms with Crippen molar-refractivity contribution in [3.63, 3.8) is 0 Å². The normalized spacial score (nSPS) is 23.4. The monoisotopic (exact) mass is 444 g/mol. The van der Waals surface area contributed by atoms with Crippen molar-refractivity contribution in [1.82, 2.24) is 19.8 Å². The molecular formula is C27H32N4O2. The minimum atomic E-state index is -0.414. The number of aliphatic hydroxyl groups excluding tert-OH is 1. The molecule has 2 aliphatic rings. The fourth-order valence-electron chi connectivity index (χ4n) is 5.30. The van der Waals surface area contributed by atoms with Gasteiger partial charge in [0.1, 0.15) is 0 Å². The van der Waals surface area contributed by atoms with E-state index < -0.39 is 6.10 Å². The summed E-state index contributed by atoms with van der Waals surface area (Å²) in [5.74, 6) is -0.0275. The minimum absolute atomic E-state index is 0.0275. The van der Waals surface area contributed by atoms with Gasteiger partial charge < -0.3 is 19.9 Å². The van der Waals surface area contributed by atoms with Gasteiger partial charge >= 0.3 is 0 Å². The molecule has 2 N–H and O–H groups in total. The van der Waals surface area contributed by atoms with Crippen LogP contribution in [0, 0.1) is 0 Å². The van der Waals surface area contributed by atoms with E-state index >= 15 is 0 Å². The first-order valence-electron chi connectivity index (χ1n) is 12.1. The average Bonchev–Trinajstić information content (AvgIpc) is 3.30. The fraction of sp³-hybridized carbons (Fsp3) is 0.407. The van der Waals surface area contributed by atoms with E-state index in [0.717, 1.165) is 56.5 Å². The number of hydrogen-bond acceptors (Lipinski definition) is 4. The first-order valence-corrected chi connectivity index (χ1v) is 12.1. The van der Waals surface area contributed by atoms with E-state index in [-0.39, 0.29) is 18.0 Å². The van der Waals surface area contributed by atoms with Gasteiger partial charge in [0, 0.05) is 31.2 Å². The summed E-state index contributed by atoms with van der Waals surface area (Å²) in [6, 6.07) is 20.4. The maximum Gasteiger partial charge on any atom is 0.275 e. The van der Waals surface area contributed by atoms with Crippen LogP contribution in [0.25, 0.3) is 11.3 Å². The van der Waals surface area contributed by atoms with Crippen molar-refractivity contribution >= 4 is 5.91 Å². The second-order valence-electron chi connectivity index (χ2n) is 9.18. The number of nitrogens with zero attached hydrogens (tertiary/aromatic N) is 3. The van der Waals surface area contributed by atoms with E-state index in [2.05, 4.69) is 27.0 Å². The van der Waals surface area contributed by atoms with Crippen molar-refractivity contribution in [3.8, 4) is 11.3 Å². The van der Waals surface area contributed by atoms with Crippen LogP contribution >= 0.6 is 0 Å². The number of carbonyl (C=O) groups excluding carboxylic acids is 1. The third kappa shape index (κ3) is 4.59. The van der Waals surface area contributed by atoms with Crippen LogP contribution in [-0.2, 0) is 6.42 Å². The zero-order valence-electron chi connectivity index (χ0n) is 18.9. The lowest BCUT2D eigenvalue weighted by molar-refractivity contribution is 0.0629. The standard InChI is InChI=1S/C27H32N4O2/c32-24-14-8-7-13-23(24)31-19-29-25(26(31)21-11-5-2-6-12-21)27(33)30-16-15-28-18-22(30)17-20-9-3-1-4-10-20/h1-6,9-12,19,22-24,28,32H,7-8,13-18H2/t22-,23-,24-/m1/s1. The first-order chi connectivity index (χ1) is 16.2. The van der Waals surface area contributed by atoms with Gasteiger partial charge in [-0.15, -0.1) is 0 Å². The van der Waals surface area contributed by atoms with E-state index in [1.54, 1.807) is 6.33 Å². The minimum Gasteiger partial charge on any atom is -0.391 e. The van der Waals surface area contributed by atoms with Crippen LogP contribution in [0.3, 0.4) is 0 Å². The lowest BCUT2D eigenvalue weighted by atomic mass is 9.92. The Balaban J connectivity index is 1.50. The van der Waals surface area contributed by atoms with Gasteiger partial charge in [-0.05, 0) is 24.8 Å². The highest BCUT2D eigenvalue weighted by Crippen LogP contribution is 2.35. The smallest absolute Gasteiger partial charge is 0.275 e. The zero-order chi connectivity index (χ0) is 22.6. The van der Waals surface area contributed by atoms with Crippen molar-refractivity contribution in [2.45, 2.75) is 50.3 Å². The molecule has 1 saturated carbocycles. The molecule has 6 heteroatoms. The highest BCUT2D eigenvalue weighted by molar-refractivity contribution is 5.98. The van der Waals surface area contributed by atoms with Crippen molar-refractivity contribution in [1.29, 1.82) is 0 Å².